The lowest BCUT2D eigenvalue weighted by molar-refractivity contribution is -0.274. The van der Waals surface area contributed by atoms with E-state index in [1.54, 1.807) is 0 Å². The van der Waals surface area contributed by atoms with Gasteiger partial charge < -0.3 is 9.72 Å². The molecular formula is C17H15F3N4O2S. The van der Waals surface area contributed by atoms with Gasteiger partial charge in [-0.05, 0) is 24.3 Å². The molecule has 1 aromatic carbocycles. The zero-order valence-electron chi connectivity index (χ0n) is 14.3. The van der Waals surface area contributed by atoms with Crippen LogP contribution in [0.25, 0.3) is 11.3 Å². The second-order valence-corrected chi connectivity index (χ2v) is 5.70. The first kappa shape index (κ1) is 20.4. The smallest absolute Gasteiger partial charge is 0.406 e. The van der Waals surface area contributed by atoms with Gasteiger partial charge in [-0.2, -0.15) is 0 Å². The molecule has 0 bridgehead atoms. The van der Waals surface area contributed by atoms with Crippen LogP contribution in [0.15, 0.2) is 63.8 Å². The molecule has 2 aromatic heterocycles. The zero-order valence-corrected chi connectivity index (χ0v) is 15.1. The lowest BCUT2D eigenvalue weighted by Gasteiger charge is -2.10. The molecule has 0 aliphatic rings. The fourth-order valence-electron chi connectivity index (χ4n) is 1.89. The first-order chi connectivity index (χ1) is 12.9. The summed E-state index contributed by atoms with van der Waals surface area (Å²) < 4.78 is 40.4. The Morgan fingerprint density at radius 3 is 2.30 bits per heavy atom. The van der Waals surface area contributed by atoms with Crippen molar-refractivity contribution in [2.24, 2.45) is 0 Å². The van der Waals surface area contributed by atoms with Gasteiger partial charge in [-0.15, -0.1) is 13.2 Å². The SMILES string of the molecule is CC.O=c1ncc(-c2nccnc2Sc2ccc(OC(F)(F)F)cc2)c[nH]1. The molecule has 27 heavy (non-hydrogen) atoms. The van der Waals surface area contributed by atoms with Gasteiger partial charge in [-0.3, -0.25) is 4.98 Å². The van der Waals surface area contributed by atoms with Crippen molar-refractivity contribution in [3.8, 4) is 17.0 Å². The number of aromatic nitrogens is 4. The highest BCUT2D eigenvalue weighted by Gasteiger charge is 2.30. The van der Waals surface area contributed by atoms with Crippen LogP contribution in [-0.2, 0) is 0 Å². The molecule has 3 rings (SSSR count). The number of alkyl halides is 3. The van der Waals surface area contributed by atoms with Crippen molar-refractivity contribution in [2.45, 2.75) is 30.1 Å². The Kier molecular flexibility index (Phi) is 6.94. The first-order valence-electron chi connectivity index (χ1n) is 7.80. The van der Waals surface area contributed by atoms with E-state index in [0.29, 0.717) is 21.2 Å². The van der Waals surface area contributed by atoms with E-state index in [1.165, 1.54) is 60.8 Å². The highest BCUT2D eigenvalue weighted by Crippen LogP contribution is 2.33. The third-order valence-corrected chi connectivity index (χ3v) is 3.88. The predicted octanol–water partition coefficient (Wildman–Crippen LogP) is 4.30. The average Bonchev–Trinajstić information content (AvgIpc) is 2.65. The minimum Gasteiger partial charge on any atom is -0.406 e. The molecule has 10 heteroatoms. The van der Waals surface area contributed by atoms with Gasteiger partial charge >= 0.3 is 12.1 Å². The van der Waals surface area contributed by atoms with Gasteiger partial charge in [-0.1, -0.05) is 25.6 Å². The Morgan fingerprint density at radius 1 is 1.04 bits per heavy atom. The first-order valence-corrected chi connectivity index (χ1v) is 8.62. The van der Waals surface area contributed by atoms with Crippen LogP contribution in [0, 0.1) is 0 Å². The summed E-state index contributed by atoms with van der Waals surface area (Å²) in [6.45, 7) is 4.00. The van der Waals surface area contributed by atoms with Crippen molar-refractivity contribution in [2.75, 3.05) is 0 Å². The lowest BCUT2D eigenvalue weighted by Crippen LogP contribution is -2.16. The minimum absolute atomic E-state index is 0.305. The third kappa shape index (κ3) is 6.10. The highest BCUT2D eigenvalue weighted by atomic mass is 32.2. The molecule has 6 nitrogen and oxygen atoms in total. The molecule has 0 saturated heterocycles. The van der Waals surface area contributed by atoms with E-state index in [9.17, 15) is 18.0 Å². The van der Waals surface area contributed by atoms with Crippen molar-refractivity contribution in [3.05, 3.63) is 59.5 Å². The van der Waals surface area contributed by atoms with Gasteiger partial charge in [0, 0.05) is 35.2 Å². The number of rotatable bonds is 4. The van der Waals surface area contributed by atoms with E-state index in [2.05, 4.69) is 24.7 Å². The maximum Gasteiger partial charge on any atom is 0.573 e. The number of nitrogens with zero attached hydrogens (tertiary/aromatic N) is 3. The standard InChI is InChI=1S/C15H9F3N4O2S.C2H6/c16-15(17,18)24-10-1-3-11(4-2-10)25-13-12(19-5-6-20-13)9-7-21-14(23)22-8-9;1-2/h1-8H,(H,21,22,23);1-2H3. The van der Waals surface area contributed by atoms with Gasteiger partial charge in [0.15, 0.2) is 0 Å². The Labute approximate surface area is 156 Å². The number of nitrogens with one attached hydrogen (secondary N) is 1. The van der Waals surface area contributed by atoms with Gasteiger partial charge in [0.2, 0.25) is 0 Å². The number of hydrogen-bond acceptors (Lipinski definition) is 6. The van der Waals surface area contributed by atoms with Crippen LogP contribution in [-0.4, -0.2) is 26.3 Å². The minimum atomic E-state index is -4.73. The van der Waals surface area contributed by atoms with E-state index >= 15 is 0 Å². The van der Waals surface area contributed by atoms with Crippen LogP contribution >= 0.6 is 11.8 Å². The Bertz CT molecular complexity index is 910. The van der Waals surface area contributed by atoms with Crippen LogP contribution in [0.5, 0.6) is 5.75 Å². The van der Waals surface area contributed by atoms with Crippen LogP contribution < -0.4 is 10.4 Å². The summed E-state index contributed by atoms with van der Waals surface area (Å²) >= 11 is 1.21. The molecule has 0 saturated carbocycles. The second kappa shape index (κ2) is 9.17. The maximum absolute atomic E-state index is 12.2. The summed E-state index contributed by atoms with van der Waals surface area (Å²) in [5.41, 5.74) is 0.571. The molecule has 0 unspecified atom stereocenters. The molecule has 142 valence electrons. The van der Waals surface area contributed by atoms with Crippen molar-refractivity contribution in [3.63, 3.8) is 0 Å². The van der Waals surface area contributed by atoms with E-state index in [-0.39, 0.29) is 5.75 Å². The summed E-state index contributed by atoms with van der Waals surface area (Å²) in [5, 5.41) is 0.515. The second-order valence-electron chi connectivity index (χ2n) is 4.64. The Hall–Kier alpha value is -2.88. The van der Waals surface area contributed by atoms with Gasteiger partial charge in [0.1, 0.15) is 16.5 Å². The molecule has 3 aromatic rings. The summed E-state index contributed by atoms with van der Waals surface area (Å²) in [6.07, 6.45) is 1.08. The molecule has 2 heterocycles. The van der Waals surface area contributed by atoms with Crippen molar-refractivity contribution in [1.29, 1.82) is 0 Å². The topological polar surface area (TPSA) is 80.8 Å². The van der Waals surface area contributed by atoms with Crippen molar-refractivity contribution < 1.29 is 17.9 Å². The average molecular weight is 396 g/mol. The number of ether oxygens (including phenoxy) is 1. The molecule has 1 N–H and O–H groups in total. The lowest BCUT2D eigenvalue weighted by atomic mass is 10.2. The van der Waals surface area contributed by atoms with E-state index in [1.807, 2.05) is 13.8 Å². The van der Waals surface area contributed by atoms with Gasteiger partial charge in [0.05, 0.1) is 0 Å². The largest absolute Gasteiger partial charge is 0.573 e. The van der Waals surface area contributed by atoms with E-state index < -0.39 is 12.1 Å². The number of halogens is 3. The number of benzene rings is 1. The zero-order chi connectivity index (χ0) is 19.9. The molecule has 0 aliphatic heterocycles. The molecular weight excluding hydrogens is 381 g/mol. The monoisotopic (exact) mass is 396 g/mol. The summed E-state index contributed by atoms with van der Waals surface area (Å²) in [6, 6.07) is 5.39. The third-order valence-electron chi connectivity index (χ3n) is 2.88. The van der Waals surface area contributed by atoms with E-state index in [0.717, 1.165) is 0 Å². The molecule has 0 amide bonds. The van der Waals surface area contributed by atoms with Crippen LogP contribution in [0.2, 0.25) is 0 Å². The maximum atomic E-state index is 12.2. The molecule has 0 aliphatic carbocycles. The van der Waals surface area contributed by atoms with Crippen molar-refractivity contribution in [1.82, 2.24) is 19.9 Å². The molecule has 0 atom stereocenters. The summed E-state index contributed by atoms with van der Waals surface area (Å²) in [4.78, 5) is 26.2. The van der Waals surface area contributed by atoms with Gasteiger partial charge in [0.25, 0.3) is 0 Å². The van der Waals surface area contributed by atoms with E-state index in [4.69, 9.17) is 0 Å². The fraction of sp³-hybridized carbons (Fsp3) is 0.176. The number of H-pyrrole nitrogens is 1. The molecule has 0 spiro atoms. The fourth-order valence-corrected chi connectivity index (χ4v) is 2.77. The predicted molar refractivity (Wildman–Crippen MR) is 94.5 cm³/mol. The number of hydrogen-bond donors (Lipinski definition) is 1. The highest BCUT2D eigenvalue weighted by molar-refractivity contribution is 7.99. The normalized spacial score (nSPS) is 10.7. The van der Waals surface area contributed by atoms with Crippen LogP contribution in [0.4, 0.5) is 13.2 Å². The van der Waals surface area contributed by atoms with Crippen molar-refractivity contribution >= 4 is 11.8 Å². The summed E-state index contributed by atoms with van der Waals surface area (Å²) in [7, 11) is 0. The Morgan fingerprint density at radius 2 is 1.70 bits per heavy atom. The molecule has 0 fully saturated rings. The Balaban J connectivity index is 0.00000126. The van der Waals surface area contributed by atoms with Crippen LogP contribution in [0.1, 0.15) is 13.8 Å². The van der Waals surface area contributed by atoms with Gasteiger partial charge in [-0.25, -0.2) is 14.8 Å². The molecule has 0 radical (unpaired) electrons. The van der Waals surface area contributed by atoms with Crippen LogP contribution in [0.3, 0.4) is 0 Å². The number of aromatic amines is 1. The quantitative estimate of drug-likeness (QED) is 0.708. The summed E-state index contributed by atoms with van der Waals surface area (Å²) in [5.74, 6) is -0.305.